The van der Waals surface area contributed by atoms with E-state index in [2.05, 4.69) is 5.32 Å². The van der Waals surface area contributed by atoms with Gasteiger partial charge in [-0.15, -0.1) is 0 Å². The summed E-state index contributed by atoms with van der Waals surface area (Å²) < 4.78 is 31.6. The van der Waals surface area contributed by atoms with Gasteiger partial charge in [-0.3, -0.25) is 13.9 Å². The molecule has 2 aromatic carbocycles. The molecular weight excluding hydrogens is 525 g/mol. The molecule has 0 spiro atoms. The highest BCUT2D eigenvalue weighted by Crippen LogP contribution is 2.33. The monoisotopic (exact) mass is 549 g/mol. The minimum Gasteiger partial charge on any atom is -0.495 e. The first-order valence-corrected chi connectivity index (χ1v) is 13.2. The van der Waals surface area contributed by atoms with E-state index in [1.807, 2.05) is 0 Å². The second kappa shape index (κ2) is 12.0. The predicted molar refractivity (Wildman–Crippen MR) is 135 cm³/mol. The number of hydrogen-bond acceptors (Lipinski definition) is 5. The molecule has 0 aliphatic heterocycles. The molecule has 0 heterocycles. The minimum absolute atomic E-state index is 0.0367. The Labute approximate surface area is 214 Å². The van der Waals surface area contributed by atoms with E-state index in [1.54, 1.807) is 25.1 Å². The number of hydrogen-bond donors (Lipinski definition) is 1. The van der Waals surface area contributed by atoms with Crippen molar-refractivity contribution in [1.29, 1.82) is 0 Å². The summed E-state index contributed by atoms with van der Waals surface area (Å²) in [6.07, 6.45) is 1.26. The Morgan fingerprint density at radius 3 is 2.24 bits per heavy atom. The molecule has 1 atom stereocenters. The Morgan fingerprint density at radius 1 is 1.09 bits per heavy atom. The molecule has 2 amide bonds. The van der Waals surface area contributed by atoms with Gasteiger partial charge in [-0.05, 0) is 42.3 Å². The number of sulfonamides is 1. The standard InChI is InChI=1S/C22H26Cl3N3O5S/c1-5-18(22(30)26-2)27(12-14-6-7-15(23)10-17(14)25)21(29)13-28(34(4,31)32)19-11-16(24)8-9-20(19)33-3/h6-11,18H,5,12-13H2,1-4H3,(H,26,30). The first-order chi connectivity index (χ1) is 15.9. The number of rotatable bonds is 10. The van der Waals surface area contributed by atoms with E-state index in [-0.39, 0.29) is 29.4 Å². The average molecular weight is 551 g/mol. The Bertz CT molecular complexity index is 1160. The SMILES string of the molecule is CCC(C(=O)NC)N(Cc1ccc(Cl)cc1Cl)C(=O)CN(c1cc(Cl)ccc1OC)S(C)(=O)=O. The summed E-state index contributed by atoms with van der Waals surface area (Å²) in [5, 5.41) is 3.54. The van der Waals surface area contributed by atoms with Crippen LogP contribution in [0.15, 0.2) is 36.4 Å². The highest BCUT2D eigenvalue weighted by atomic mass is 35.5. The summed E-state index contributed by atoms with van der Waals surface area (Å²) >= 11 is 18.4. The number of carbonyl (C=O) groups is 2. The van der Waals surface area contributed by atoms with Gasteiger partial charge in [0.1, 0.15) is 18.3 Å². The van der Waals surface area contributed by atoms with Gasteiger partial charge in [0.2, 0.25) is 21.8 Å². The van der Waals surface area contributed by atoms with Crippen LogP contribution >= 0.6 is 34.8 Å². The Morgan fingerprint density at radius 2 is 1.71 bits per heavy atom. The molecular formula is C22H26Cl3N3O5S. The maximum atomic E-state index is 13.6. The largest absolute Gasteiger partial charge is 0.495 e. The topological polar surface area (TPSA) is 96.0 Å². The number of nitrogens with one attached hydrogen (secondary N) is 1. The molecule has 0 fully saturated rings. The maximum Gasteiger partial charge on any atom is 0.244 e. The lowest BCUT2D eigenvalue weighted by molar-refractivity contribution is -0.140. The fourth-order valence-electron chi connectivity index (χ4n) is 3.37. The van der Waals surface area contributed by atoms with Crippen LogP contribution in [-0.4, -0.2) is 58.1 Å². The second-order valence-corrected chi connectivity index (χ2v) is 10.6. The van der Waals surface area contributed by atoms with Crippen LogP contribution in [0.2, 0.25) is 15.1 Å². The molecule has 0 aromatic heterocycles. The molecule has 0 aliphatic rings. The number of halogens is 3. The van der Waals surface area contributed by atoms with E-state index in [9.17, 15) is 18.0 Å². The number of anilines is 1. The Hall–Kier alpha value is -2.20. The predicted octanol–water partition coefficient (Wildman–Crippen LogP) is 3.97. The van der Waals surface area contributed by atoms with E-state index in [1.165, 1.54) is 37.3 Å². The fourth-order valence-corrected chi connectivity index (χ4v) is 4.85. The summed E-state index contributed by atoms with van der Waals surface area (Å²) in [4.78, 5) is 27.4. The summed E-state index contributed by atoms with van der Waals surface area (Å²) in [7, 11) is -1.10. The number of nitrogens with zero attached hydrogens (tertiary/aromatic N) is 2. The lowest BCUT2D eigenvalue weighted by Gasteiger charge is -2.33. The maximum absolute atomic E-state index is 13.6. The van der Waals surface area contributed by atoms with Crippen molar-refractivity contribution in [3.8, 4) is 5.75 Å². The van der Waals surface area contributed by atoms with Crippen molar-refractivity contribution < 1.29 is 22.7 Å². The minimum atomic E-state index is -3.94. The van der Waals surface area contributed by atoms with Crippen LogP contribution in [0.1, 0.15) is 18.9 Å². The van der Waals surface area contributed by atoms with Crippen LogP contribution in [0.25, 0.3) is 0 Å². The lowest BCUT2D eigenvalue weighted by Crippen LogP contribution is -2.51. The molecule has 34 heavy (non-hydrogen) atoms. The summed E-state index contributed by atoms with van der Waals surface area (Å²) in [5.74, 6) is -0.797. The Kier molecular flexibility index (Phi) is 9.87. The summed E-state index contributed by atoms with van der Waals surface area (Å²) in [5.41, 5.74) is 0.649. The van der Waals surface area contributed by atoms with Crippen molar-refractivity contribution in [3.63, 3.8) is 0 Å². The highest BCUT2D eigenvalue weighted by Gasteiger charge is 2.32. The molecule has 0 bridgehead atoms. The number of carbonyl (C=O) groups excluding carboxylic acids is 2. The van der Waals surface area contributed by atoms with Crippen molar-refractivity contribution >= 4 is 62.3 Å². The van der Waals surface area contributed by atoms with Gasteiger partial charge in [-0.1, -0.05) is 47.8 Å². The van der Waals surface area contributed by atoms with Crippen molar-refractivity contribution in [3.05, 3.63) is 57.0 Å². The molecule has 0 radical (unpaired) electrons. The van der Waals surface area contributed by atoms with E-state index >= 15 is 0 Å². The van der Waals surface area contributed by atoms with Crippen LogP contribution in [-0.2, 0) is 26.2 Å². The first kappa shape index (κ1) is 28.0. The molecule has 0 saturated heterocycles. The smallest absolute Gasteiger partial charge is 0.244 e. The highest BCUT2D eigenvalue weighted by molar-refractivity contribution is 7.92. The average Bonchev–Trinajstić information content (AvgIpc) is 2.77. The van der Waals surface area contributed by atoms with Crippen molar-refractivity contribution in [1.82, 2.24) is 10.2 Å². The van der Waals surface area contributed by atoms with Gasteiger partial charge in [0, 0.05) is 28.7 Å². The van der Waals surface area contributed by atoms with Gasteiger partial charge in [0.05, 0.1) is 19.1 Å². The van der Waals surface area contributed by atoms with Crippen molar-refractivity contribution in [2.24, 2.45) is 0 Å². The quantitative estimate of drug-likeness (QED) is 0.483. The number of likely N-dealkylation sites (N-methyl/N-ethyl adjacent to an activating group) is 1. The third kappa shape index (κ3) is 6.91. The van der Waals surface area contributed by atoms with Gasteiger partial charge < -0.3 is 15.0 Å². The molecule has 8 nitrogen and oxygen atoms in total. The molecule has 0 aliphatic carbocycles. The Balaban J connectivity index is 2.53. The van der Waals surface area contributed by atoms with Crippen LogP contribution in [0.4, 0.5) is 5.69 Å². The van der Waals surface area contributed by atoms with Crippen LogP contribution in [0.5, 0.6) is 5.75 Å². The molecule has 0 saturated carbocycles. The van der Waals surface area contributed by atoms with Crippen molar-refractivity contribution in [2.45, 2.75) is 25.9 Å². The number of amides is 2. The van der Waals surface area contributed by atoms with Crippen LogP contribution < -0.4 is 14.4 Å². The van der Waals surface area contributed by atoms with E-state index in [0.717, 1.165) is 10.6 Å². The van der Waals surface area contributed by atoms with Gasteiger partial charge in [0.15, 0.2) is 0 Å². The third-order valence-corrected chi connectivity index (χ3v) is 7.03. The third-order valence-electron chi connectivity index (χ3n) is 5.08. The van der Waals surface area contributed by atoms with E-state index in [0.29, 0.717) is 15.6 Å². The van der Waals surface area contributed by atoms with E-state index < -0.39 is 34.4 Å². The zero-order chi connectivity index (χ0) is 25.6. The van der Waals surface area contributed by atoms with Gasteiger partial charge >= 0.3 is 0 Å². The zero-order valence-electron chi connectivity index (χ0n) is 19.1. The first-order valence-electron chi connectivity index (χ1n) is 10.2. The number of benzene rings is 2. The molecule has 2 aromatic rings. The second-order valence-electron chi connectivity index (χ2n) is 7.38. The molecule has 186 valence electrons. The number of ether oxygens (including phenoxy) is 1. The molecule has 1 unspecified atom stereocenters. The van der Waals surface area contributed by atoms with Gasteiger partial charge in [0.25, 0.3) is 0 Å². The van der Waals surface area contributed by atoms with Crippen molar-refractivity contribution in [2.75, 3.05) is 31.3 Å². The molecule has 1 N–H and O–H groups in total. The summed E-state index contributed by atoms with van der Waals surface area (Å²) in [6, 6.07) is 8.37. The molecule has 2 rings (SSSR count). The number of methoxy groups -OCH3 is 1. The van der Waals surface area contributed by atoms with Crippen LogP contribution in [0.3, 0.4) is 0 Å². The van der Waals surface area contributed by atoms with Gasteiger partial charge in [-0.25, -0.2) is 8.42 Å². The van der Waals surface area contributed by atoms with Gasteiger partial charge in [-0.2, -0.15) is 0 Å². The van der Waals surface area contributed by atoms with Crippen LogP contribution in [0, 0.1) is 0 Å². The zero-order valence-corrected chi connectivity index (χ0v) is 22.2. The van der Waals surface area contributed by atoms with E-state index in [4.69, 9.17) is 39.5 Å². The normalized spacial score (nSPS) is 12.1. The molecule has 12 heteroatoms. The lowest BCUT2D eigenvalue weighted by atomic mass is 10.1. The fraction of sp³-hybridized carbons (Fsp3) is 0.364. The summed E-state index contributed by atoms with van der Waals surface area (Å²) in [6.45, 7) is 1.12.